The predicted molar refractivity (Wildman–Crippen MR) is 65.2 cm³/mol. The Morgan fingerprint density at radius 1 is 1.00 bits per heavy atom. The lowest BCUT2D eigenvalue weighted by molar-refractivity contribution is 0.587. The molecular weight excluding hydrogens is 255 g/mol. The third-order valence-corrected chi connectivity index (χ3v) is 2.46. The van der Waals surface area contributed by atoms with Gasteiger partial charge in [0.25, 0.3) is 0 Å². The van der Waals surface area contributed by atoms with Crippen molar-refractivity contribution in [2.24, 2.45) is 0 Å². The lowest BCUT2D eigenvalue weighted by Gasteiger charge is -2.11. The zero-order valence-corrected chi connectivity index (χ0v) is 9.55. The number of benzene rings is 2. The van der Waals surface area contributed by atoms with Crippen LogP contribution in [0.15, 0.2) is 30.3 Å². The second-order valence-electron chi connectivity index (χ2n) is 3.78. The number of rotatable bonds is 2. The van der Waals surface area contributed by atoms with Crippen molar-refractivity contribution in [1.82, 2.24) is 0 Å². The molecule has 0 unspecified atom stereocenters. The molecule has 0 aliphatic rings. The number of nitrogens with one attached hydrogen (secondary N) is 1. The summed E-state index contributed by atoms with van der Waals surface area (Å²) in [4.78, 5) is 0. The Hall–Kier alpha value is -2.68. The van der Waals surface area contributed by atoms with Crippen LogP contribution in [0.1, 0.15) is 5.56 Å². The molecule has 0 aromatic heterocycles. The molecule has 0 aliphatic carbocycles. The molecule has 0 amide bonds. The zero-order chi connectivity index (χ0) is 14.0. The first-order valence-corrected chi connectivity index (χ1v) is 5.22. The fourth-order valence-electron chi connectivity index (χ4n) is 1.52. The molecule has 19 heavy (non-hydrogen) atoms. The minimum atomic E-state index is -0.934. The van der Waals surface area contributed by atoms with Crippen molar-refractivity contribution >= 4 is 17.1 Å². The lowest BCUT2D eigenvalue weighted by Crippen LogP contribution is -2.01. The van der Waals surface area contributed by atoms with Gasteiger partial charge in [0.2, 0.25) is 0 Å². The summed E-state index contributed by atoms with van der Waals surface area (Å²) in [6.45, 7) is 0. The molecule has 0 saturated heterocycles. The van der Waals surface area contributed by atoms with Crippen molar-refractivity contribution in [2.75, 3.05) is 11.1 Å². The van der Waals surface area contributed by atoms with Gasteiger partial charge in [0.1, 0.15) is 11.6 Å². The molecule has 0 spiro atoms. The number of hydrogen-bond acceptors (Lipinski definition) is 3. The SMILES string of the molecule is N#Cc1ccc(Nc2cc(F)cc(F)c2N)c(F)c1. The molecule has 0 heterocycles. The molecule has 0 aliphatic heterocycles. The highest BCUT2D eigenvalue weighted by molar-refractivity contribution is 5.73. The molecule has 0 fully saturated rings. The van der Waals surface area contributed by atoms with Gasteiger partial charge in [0, 0.05) is 6.07 Å². The number of nitriles is 1. The van der Waals surface area contributed by atoms with Crippen molar-refractivity contribution in [3.63, 3.8) is 0 Å². The number of halogens is 3. The Labute approximate surface area is 107 Å². The molecule has 3 nitrogen and oxygen atoms in total. The van der Waals surface area contributed by atoms with Crippen LogP contribution in [0.2, 0.25) is 0 Å². The van der Waals surface area contributed by atoms with Crippen LogP contribution in [-0.4, -0.2) is 0 Å². The number of nitrogen functional groups attached to an aromatic ring is 1. The number of nitrogens with zero attached hydrogens (tertiary/aromatic N) is 1. The van der Waals surface area contributed by atoms with E-state index in [9.17, 15) is 13.2 Å². The second kappa shape index (κ2) is 4.90. The normalized spacial score (nSPS) is 10.0. The molecule has 0 saturated carbocycles. The smallest absolute Gasteiger partial charge is 0.151 e. The topological polar surface area (TPSA) is 61.8 Å². The maximum Gasteiger partial charge on any atom is 0.151 e. The Morgan fingerprint density at radius 2 is 1.74 bits per heavy atom. The largest absolute Gasteiger partial charge is 0.395 e. The summed E-state index contributed by atoms with van der Waals surface area (Å²) in [5.41, 5.74) is 5.14. The average molecular weight is 263 g/mol. The summed E-state index contributed by atoms with van der Waals surface area (Å²) in [7, 11) is 0. The van der Waals surface area contributed by atoms with Gasteiger partial charge in [-0.25, -0.2) is 13.2 Å². The summed E-state index contributed by atoms with van der Waals surface area (Å²) in [5, 5.41) is 11.1. The molecule has 96 valence electrons. The van der Waals surface area contributed by atoms with Crippen LogP contribution < -0.4 is 11.1 Å². The molecule has 2 aromatic rings. The van der Waals surface area contributed by atoms with E-state index in [0.717, 1.165) is 12.1 Å². The van der Waals surface area contributed by atoms with Crippen molar-refractivity contribution in [3.8, 4) is 6.07 Å². The highest BCUT2D eigenvalue weighted by Crippen LogP contribution is 2.28. The van der Waals surface area contributed by atoms with Crippen LogP contribution >= 0.6 is 0 Å². The molecule has 0 radical (unpaired) electrons. The van der Waals surface area contributed by atoms with E-state index in [1.165, 1.54) is 12.1 Å². The van der Waals surface area contributed by atoms with Crippen LogP contribution in [0.3, 0.4) is 0 Å². The lowest BCUT2D eigenvalue weighted by atomic mass is 10.2. The van der Waals surface area contributed by atoms with E-state index < -0.39 is 17.5 Å². The maximum atomic E-state index is 13.6. The van der Waals surface area contributed by atoms with E-state index in [1.54, 1.807) is 6.07 Å². The van der Waals surface area contributed by atoms with Crippen LogP contribution in [0.4, 0.5) is 30.2 Å². The first-order valence-electron chi connectivity index (χ1n) is 5.22. The Bertz CT molecular complexity index is 678. The van der Waals surface area contributed by atoms with Gasteiger partial charge in [-0.1, -0.05) is 0 Å². The van der Waals surface area contributed by atoms with E-state index in [-0.39, 0.29) is 22.6 Å². The zero-order valence-electron chi connectivity index (χ0n) is 9.55. The van der Waals surface area contributed by atoms with Gasteiger partial charge in [0.15, 0.2) is 5.82 Å². The third kappa shape index (κ3) is 2.60. The maximum absolute atomic E-state index is 13.6. The van der Waals surface area contributed by atoms with Crippen LogP contribution in [0.5, 0.6) is 0 Å². The summed E-state index contributed by atoms with van der Waals surface area (Å²) < 4.78 is 39.9. The molecular formula is C13H8F3N3. The van der Waals surface area contributed by atoms with Crippen LogP contribution in [0, 0.1) is 28.8 Å². The average Bonchev–Trinajstić information content (AvgIpc) is 2.37. The number of anilines is 3. The summed E-state index contributed by atoms with van der Waals surface area (Å²) >= 11 is 0. The number of hydrogen-bond donors (Lipinski definition) is 2. The van der Waals surface area contributed by atoms with Gasteiger partial charge in [-0.3, -0.25) is 0 Å². The summed E-state index contributed by atoms with van der Waals surface area (Å²) in [6, 6.07) is 7.03. The van der Waals surface area contributed by atoms with Gasteiger partial charge in [-0.2, -0.15) is 5.26 Å². The number of nitrogens with two attached hydrogens (primary N) is 1. The van der Waals surface area contributed by atoms with E-state index >= 15 is 0 Å². The van der Waals surface area contributed by atoms with Crippen molar-refractivity contribution < 1.29 is 13.2 Å². The van der Waals surface area contributed by atoms with E-state index in [1.807, 2.05) is 0 Å². The van der Waals surface area contributed by atoms with Gasteiger partial charge < -0.3 is 11.1 Å². The minimum absolute atomic E-state index is 0.0318. The fourth-order valence-corrected chi connectivity index (χ4v) is 1.52. The molecule has 2 aromatic carbocycles. The molecule has 6 heteroatoms. The molecule has 0 bridgehead atoms. The third-order valence-electron chi connectivity index (χ3n) is 2.46. The van der Waals surface area contributed by atoms with Gasteiger partial charge in [0.05, 0.1) is 28.7 Å². The monoisotopic (exact) mass is 263 g/mol. The molecule has 2 rings (SSSR count). The highest BCUT2D eigenvalue weighted by atomic mass is 19.1. The fraction of sp³-hybridized carbons (Fsp3) is 0. The van der Waals surface area contributed by atoms with E-state index in [2.05, 4.69) is 5.32 Å². The van der Waals surface area contributed by atoms with Crippen molar-refractivity contribution in [3.05, 3.63) is 53.3 Å². The second-order valence-corrected chi connectivity index (χ2v) is 3.78. The Kier molecular flexibility index (Phi) is 3.29. The molecule has 0 atom stereocenters. The van der Waals surface area contributed by atoms with Gasteiger partial charge in [-0.15, -0.1) is 0 Å². The van der Waals surface area contributed by atoms with Crippen molar-refractivity contribution in [2.45, 2.75) is 0 Å². The standard InChI is InChI=1S/C13H8F3N3/c14-8-4-10(16)13(18)12(5-8)19-11-2-1-7(6-17)3-9(11)15/h1-5,19H,18H2. The van der Waals surface area contributed by atoms with Gasteiger partial charge >= 0.3 is 0 Å². The Balaban J connectivity index is 2.39. The molecule has 3 N–H and O–H groups in total. The summed E-state index contributed by atoms with van der Waals surface area (Å²) in [5.74, 6) is -2.48. The van der Waals surface area contributed by atoms with Gasteiger partial charge in [-0.05, 0) is 24.3 Å². The Morgan fingerprint density at radius 3 is 2.37 bits per heavy atom. The van der Waals surface area contributed by atoms with E-state index in [0.29, 0.717) is 6.07 Å². The van der Waals surface area contributed by atoms with E-state index in [4.69, 9.17) is 11.0 Å². The highest BCUT2D eigenvalue weighted by Gasteiger charge is 2.10. The van der Waals surface area contributed by atoms with Crippen molar-refractivity contribution in [1.29, 1.82) is 5.26 Å². The minimum Gasteiger partial charge on any atom is -0.395 e. The van der Waals surface area contributed by atoms with Crippen LogP contribution in [-0.2, 0) is 0 Å². The predicted octanol–water partition coefficient (Wildman–Crippen LogP) is 3.30. The summed E-state index contributed by atoms with van der Waals surface area (Å²) in [6.07, 6.45) is 0. The first-order chi connectivity index (χ1) is 9.01. The quantitative estimate of drug-likeness (QED) is 0.817. The first kappa shape index (κ1) is 12.8. The van der Waals surface area contributed by atoms with Crippen LogP contribution in [0.25, 0.3) is 0 Å².